The first kappa shape index (κ1) is 15.8. The third-order valence-electron chi connectivity index (χ3n) is 3.44. The van der Waals surface area contributed by atoms with Crippen molar-refractivity contribution in [3.63, 3.8) is 0 Å². The molecule has 2 heterocycles. The predicted molar refractivity (Wildman–Crippen MR) is 80.6 cm³/mol. The zero-order chi connectivity index (χ0) is 15.2. The fourth-order valence-corrected chi connectivity index (χ4v) is 3.02. The number of rotatable bonds is 4. The van der Waals surface area contributed by atoms with E-state index in [9.17, 15) is 9.59 Å². The lowest BCUT2D eigenvalue weighted by atomic mass is 10.1. The molecule has 21 heavy (non-hydrogen) atoms. The van der Waals surface area contributed by atoms with Crippen molar-refractivity contribution >= 4 is 23.3 Å². The van der Waals surface area contributed by atoms with Gasteiger partial charge in [0.05, 0.1) is 17.8 Å². The van der Waals surface area contributed by atoms with Gasteiger partial charge in [-0.1, -0.05) is 6.92 Å². The molecule has 1 fully saturated rings. The third-order valence-corrected chi connectivity index (χ3v) is 4.58. The monoisotopic (exact) mass is 311 g/mol. The summed E-state index contributed by atoms with van der Waals surface area (Å²) in [7, 11) is 0. The molecule has 2 rings (SSSR count). The van der Waals surface area contributed by atoms with Crippen molar-refractivity contribution in [1.82, 2.24) is 15.2 Å². The van der Waals surface area contributed by atoms with Gasteiger partial charge in [0.1, 0.15) is 4.88 Å². The molecular formula is C14H21N3O3S. The van der Waals surface area contributed by atoms with E-state index in [-0.39, 0.29) is 18.0 Å². The number of thiazole rings is 1. The molecule has 1 saturated heterocycles. The van der Waals surface area contributed by atoms with Crippen molar-refractivity contribution in [2.75, 3.05) is 19.7 Å². The summed E-state index contributed by atoms with van der Waals surface area (Å²) < 4.78 is 4.98. The molecule has 0 saturated carbocycles. The summed E-state index contributed by atoms with van der Waals surface area (Å²) in [6.45, 7) is 5.44. The lowest BCUT2D eigenvalue weighted by Crippen LogP contribution is -2.46. The Kier molecular flexibility index (Phi) is 5.55. The summed E-state index contributed by atoms with van der Waals surface area (Å²) in [5.74, 6) is -0.0678. The van der Waals surface area contributed by atoms with Crippen molar-refractivity contribution in [3.05, 3.63) is 16.1 Å². The smallest absolute Gasteiger partial charge is 0.409 e. The highest BCUT2D eigenvalue weighted by molar-refractivity contribution is 7.13. The first-order valence-electron chi connectivity index (χ1n) is 7.31. The molecule has 1 aliphatic heterocycles. The van der Waals surface area contributed by atoms with Crippen LogP contribution in [0.1, 0.15) is 41.4 Å². The molecule has 116 valence electrons. The zero-order valence-electron chi connectivity index (χ0n) is 12.4. The summed E-state index contributed by atoms with van der Waals surface area (Å²) in [4.78, 5) is 30.2. The number of ether oxygens (including phenoxy) is 1. The summed E-state index contributed by atoms with van der Waals surface area (Å²) >= 11 is 1.43. The Morgan fingerprint density at radius 3 is 2.71 bits per heavy atom. The van der Waals surface area contributed by atoms with Crippen LogP contribution in [0.3, 0.4) is 0 Å². The number of aromatic nitrogens is 1. The number of nitrogens with one attached hydrogen (secondary N) is 1. The molecule has 0 aliphatic carbocycles. The van der Waals surface area contributed by atoms with Crippen LogP contribution in [-0.2, 0) is 11.2 Å². The van der Waals surface area contributed by atoms with Crippen LogP contribution in [0.25, 0.3) is 0 Å². The molecule has 0 aromatic carbocycles. The van der Waals surface area contributed by atoms with Gasteiger partial charge >= 0.3 is 6.09 Å². The molecule has 0 atom stereocenters. The topological polar surface area (TPSA) is 71.5 Å². The Hall–Kier alpha value is -1.63. The van der Waals surface area contributed by atoms with Gasteiger partial charge in [-0.3, -0.25) is 4.79 Å². The number of hydrogen-bond donors (Lipinski definition) is 1. The third kappa shape index (κ3) is 4.17. The highest BCUT2D eigenvalue weighted by atomic mass is 32.1. The molecule has 0 spiro atoms. The Morgan fingerprint density at radius 2 is 2.14 bits per heavy atom. The van der Waals surface area contributed by atoms with Gasteiger partial charge in [0.25, 0.3) is 5.91 Å². The van der Waals surface area contributed by atoms with Crippen molar-refractivity contribution in [2.45, 2.75) is 39.2 Å². The maximum Gasteiger partial charge on any atom is 0.409 e. The Morgan fingerprint density at radius 1 is 1.43 bits per heavy atom. The fraction of sp³-hybridized carbons (Fsp3) is 0.643. The average Bonchev–Trinajstić information content (AvgIpc) is 2.97. The van der Waals surface area contributed by atoms with Gasteiger partial charge in [-0.15, -0.1) is 11.3 Å². The number of carbonyl (C=O) groups is 2. The molecule has 2 amide bonds. The molecule has 1 aromatic rings. The molecule has 7 heteroatoms. The van der Waals surface area contributed by atoms with E-state index in [1.807, 2.05) is 6.92 Å². The maximum absolute atomic E-state index is 12.1. The van der Waals surface area contributed by atoms with Crippen LogP contribution in [-0.4, -0.2) is 47.6 Å². The molecule has 0 radical (unpaired) electrons. The lowest BCUT2D eigenvalue weighted by molar-refractivity contribution is 0.0862. The van der Waals surface area contributed by atoms with Gasteiger partial charge in [0.2, 0.25) is 0 Å². The van der Waals surface area contributed by atoms with Gasteiger partial charge in [-0.05, 0) is 26.2 Å². The second-order valence-electron chi connectivity index (χ2n) is 4.91. The van der Waals surface area contributed by atoms with E-state index in [4.69, 9.17) is 4.74 Å². The van der Waals surface area contributed by atoms with Crippen LogP contribution in [0.2, 0.25) is 0 Å². The van der Waals surface area contributed by atoms with E-state index in [0.29, 0.717) is 24.6 Å². The summed E-state index contributed by atoms with van der Waals surface area (Å²) in [5, 5.41) is 3.99. The van der Waals surface area contributed by atoms with E-state index in [2.05, 4.69) is 10.3 Å². The predicted octanol–water partition coefficient (Wildman–Crippen LogP) is 2.06. The standard InChI is InChI=1S/C14H21N3O3S/c1-3-12-15-9-11(21-12)13(18)16-10-5-7-17(8-6-10)14(19)20-4-2/h9-10H,3-8H2,1-2H3,(H,16,18). The summed E-state index contributed by atoms with van der Waals surface area (Å²) in [5.41, 5.74) is 0. The first-order valence-corrected chi connectivity index (χ1v) is 8.13. The quantitative estimate of drug-likeness (QED) is 0.924. The van der Waals surface area contributed by atoms with Gasteiger partial charge in [0.15, 0.2) is 0 Å². The SMILES string of the molecule is CCOC(=O)N1CCC(NC(=O)c2cnc(CC)s2)CC1. The Labute approximate surface area is 128 Å². The zero-order valence-corrected chi connectivity index (χ0v) is 13.2. The largest absolute Gasteiger partial charge is 0.450 e. The lowest BCUT2D eigenvalue weighted by Gasteiger charge is -2.31. The van der Waals surface area contributed by atoms with Crippen LogP contribution in [0.15, 0.2) is 6.20 Å². The number of nitrogens with zero attached hydrogens (tertiary/aromatic N) is 2. The van der Waals surface area contributed by atoms with E-state index in [0.717, 1.165) is 24.3 Å². The molecular weight excluding hydrogens is 290 g/mol. The minimum Gasteiger partial charge on any atom is -0.450 e. The van der Waals surface area contributed by atoms with Crippen molar-refractivity contribution in [1.29, 1.82) is 0 Å². The minimum absolute atomic E-state index is 0.0678. The molecule has 6 nitrogen and oxygen atoms in total. The van der Waals surface area contributed by atoms with Gasteiger partial charge in [-0.2, -0.15) is 0 Å². The molecule has 0 bridgehead atoms. The molecule has 1 aliphatic rings. The van der Waals surface area contributed by atoms with Crippen LogP contribution >= 0.6 is 11.3 Å². The van der Waals surface area contributed by atoms with Crippen molar-refractivity contribution in [3.8, 4) is 0 Å². The van der Waals surface area contributed by atoms with Gasteiger partial charge in [0, 0.05) is 19.1 Å². The van der Waals surface area contributed by atoms with Crippen LogP contribution in [0.4, 0.5) is 4.79 Å². The summed E-state index contributed by atoms with van der Waals surface area (Å²) in [6.07, 6.45) is 3.72. The highest BCUT2D eigenvalue weighted by Crippen LogP contribution is 2.16. The highest BCUT2D eigenvalue weighted by Gasteiger charge is 2.25. The van der Waals surface area contributed by atoms with E-state index in [1.54, 1.807) is 18.0 Å². The van der Waals surface area contributed by atoms with Crippen LogP contribution < -0.4 is 5.32 Å². The molecule has 1 N–H and O–H groups in total. The van der Waals surface area contributed by atoms with E-state index in [1.165, 1.54) is 11.3 Å². The number of amides is 2. The number of piperidine rings is 1. The second kappa shape index (κ2) is 7.40. The van der Waals surface area contributed by atoms with Gasteiger partial charge in [-0.25, -0.2) is 9.78 Å². The number of aryl methyl sites for hydroxylation is 1. The average molecular weight is 311 g/mol. The number of carbonyl (C=O) groups excluding carboxylic acids is 2. The normalized spacial score (nSPS) is 15.8. The van der Waals surface area contributed by atoms with Crippen LogP contribution in [0, 0.1) is 0 Å². The Balaban J connectivity index is 1.80. The number of hydrogen-bond acceptors (Lipinski definition) is 5. The Bertz CT molecular complexity index is 495. The van der Waals surface area contributed by atoms with E-state index < -0.39 is 0 Å². The summed E-state index contributed by atoms with van der Waals surface area (Å²) in [6, 6.07) is 0.107. The first-order chi connectivity index (χ1) is 10.1. The fourth-order valence-electron chi connectivity index (χ4n) is 2.26. The van der Waals surface area contributed by atoms with Crippen molar-refractivity contribution < 1.29 is 14.3 Å². The molecule has 0 unspecified atom stereocenters. The number of likely N-dealkylation sites (tertiary alicyclic amines) is 1. The van der Waals surface area contributed by atoms with E-state index >= 15 is 0 Å². The van der Waals surface area contributed by atoms with Gasteiger partial charge < -0.3 is 15.0 Å². The maximum atomic E-state index is 12.1. The molecule has 1 aromatic heterocycles. The minimum atomic E-state index is -0.266. The van der Waals surface area contributed by atoms with Crippen molar-refractivity contribution in [2.24, 2.45) is 0 Å². The van der Waals surface area contributed by atoms with Crippen LogP contribution in [0.5, 0.6) is 0 Å². The second-order valence-corrected chi connectivity index (χ2v) is 6.02.